The molecule has 22 heavy (non-hydrogen) atoms. The van der Waals surface area contributed by atoms with E-state index in [4.69, 9.17) is 0 Å². The van der Waals surface area contributed by atoms with E-state index >= 15 is 0 Å². The Balaban J connectivity index is 2.95. The molecule has 2 rings (SSSR count). The molecule has 0 fully saturated rings. The summed E-state index contributed by atoms with van der Waals surface area (Å²) in [6.45, 7) is 20.3. The molecule has 0 aliphatic heterocycles. The summed E-state index contributed by atoms with van der Waals surface area (Å²) >= 11 is 0. The highest BCUT2D eigenvalue weighted by Gasteiger charge is 2.57. The van der Waals surface area contributed by atoms with Gasteiger partial charge in [0.1, 0.15) is 0 Å². The standard InChI is InChI=1S/C22H30/c1-9-10-14-18-16(2)17-13-11-12-15-19(17)22(18,20(3,4)5)21(6,7)8/h9-15H,1H2,2-8H3/b14-10-. The number of hydrogen-bond acceptors (Lipinski definition) is 0. The average Bonchev–Trinajstić information content (AvgIpc) is 2.66. The van der Waals surface area contributed by atoms with Gasteiger partial charge in [-0.1, -0.05) is 90.6 Å². The van der Waals surface area contributed by atoms with E-state index in [-0.39, 0.29) is 16.2 Å². The van der Waals surface area contributed by atoms with Crippen LogP contribution >= 0.6 is 0 Å². The zero-order valence-electron chi connectivity index (χ0n) is 15.2. The molecule has 0 aromatic heterocycles. The van der Waals surface area contributed by atoms with E-state index in [1.807, 2.05) is 6.08 Å². The summed E-state index contributed by atoms with van der Waals surface area (Å²) in [5.41, 5.74) is 5.92. The summed E-state index contributed by atoms with van der Waals surface area (Å²) in [6, 6.07) is 8.92. The smallest absolute Gasteiger partial charge is 0.0308 e. The van der Waals surface area contributed by atoms with Crippen LogP contribution in [-0.2, 0) is 5.41 Å². The maximum atomic E-state index is 3.86. The van der Waals surface area contributed by atoms with Crippen LogP contribution in [0.25, 0.3) is 5.57 Å². The van der Waals surface area contributed by atoms with E-state index in [1.165, 1.54) is 22.3 Å². The van der Waals surface area contributed by atoms with Gasteiger partial charge in [0.05, 0.1) is 0 Å². The highest BCUT2D eigenvalue weighted by molar-refractivity contribution is 5.82. The maximum absolute atomic E-state index is 3.86. The molecule has 1 aromatic rings. The van der Waals surface area contributed by atoms with Crippen molar-refractivity contribution in [2.45, 2.75) is 53.9 Å². The topological polar surface area (TPSA) is 0 Å². The van der Waals surface area contributed by atoms with Gasteiger partial charge in [-0.25, -0.2) is 0 Å². The number of rotatable bonds is 2. The molecule has 0 atom stereocenters. The molecule has 0 amide bonds. The number of benzene rings is 1. The Morgan fingerprint density at radius 2 is 1.50 bits per heavy atom. The van der Waals surface area contributed by atoms with Crippen molar-refractivity contribution >= 4 is 5.57 Å². The molecule has 1 aromatic carbocycles. The Hall–Kier alpha value is -1.56. The lowest BCUT2D eigenvalue weighted by Crippen LogP contribution is -2.50. The minimum atomic E-state index is -0.0137. The minimum absolute atomic E-state index is 0.0137. The van der Waals surface area contributed by atoms with Gasteiger partial charge < -0.3 is 0 Å². The van der Waals surface area contributed by atoms with Crippen molar-refractivity contribution in [3.05, 3.63) is 65.8 Å². The lowest BCUT2D eigenvalue weighted by Gasteiger charge is -2.54. The maximum Gasteiger partial charge on any atom is 0.0308 e. The quantitative estimate of drug-likeness (QED) is 0.543. The first-order chi connectivity index (χ1) is 10.1. The van der Waals surface area contributed by atoms with Crippen LogP contribution in [0.1, 0.15) is 59.6 Å². The fourth-order valence-electron chi connectivity index (χ4n) is 4.86. The Bertz CT molecular complexity index is 625. The van der Waals surface area contributed by atoms with E-state index in [2.05, 4.69) is 91.5 Å². The molecule has 0 unspecified atom stereocenters. The van der Waals surface area contributed by atoms with Gasteiger partial charge >= 0.3 is 0 Å². The summed E-state index contributed by atoms with van der Waals surface area (Å²) in [7, 11) is 0. The molecule has 0 N–H and O–H groups in total. The van der Waals surface area contributed by atoms with Crippen molar-refractivity contribution in [1.29, 1.82) is 0 Å². The Kier molecular flexibility index (Phi) is 4.02. The third-order valence-electron chi connectivity index (χ3n) is 5.19. The molecule has 0 saturated heterocycles. The van der Waals surface area contributed by atoms with Gasteiger partial charge in [0, 0.05) is 5.41 Å². The highest BCUT2D eigenvalue weighted by Crippen LogP contribution is 2.63. The van der Waals surface area contributed by atoms with Crippen LogP contribution in [-0.4, -0.2) is 0 Å². The summed E-state index contributed by atoms with van der Waals surface area (Å²) in [4.78, 5) is 0. The summed E-state index contributed by atoms with van der Waals surface area (Å²) in [6.07, 6.45) is 6.23. The normalized spacial score (nSPS) is 18.0. The summed E-state index contributed by atoms with van der Waals surface area (Å²) in [5, 5.41) is 0. The lowest BCUT2D eigenvalue weighted by molar-refractivity contribution is 0.0933. The fraction of sp³-hybridized carbons (Fsp3) is 0.455. The van der Waals surface area contributed by atoms with Gasteiger partial charge in [-0.05, 0) is 40.0 Å². The molecular formula is C22H30. The van der Waals surface area contributed by atoms with Gasteiger partial charge in [0.2, 0.25) is 0 Å². The Morgan fingerprint density at radius 1 is 0.955 bits per heavy atom. The molecule has 0 heteroatoms. The lowest BCUT2D eigenvalue weighted by atomic mass is 9.49. The first-order valence-electron chi connectivity index (χ1n) is 8.19. The van der Waals surface area contributed by atoms with Gasteiger partial charge in [-0.15, -0.1) is 0 Å². The number of allylic oxidation sites excluding steroid dienone is 5. The van der Waals surface area contributed by atoms with E-state index in [1.54, 1.807) is 0 Å². The van der Waals surface area contributed by atoms with E-state index in [0.717, 1.165) is 0 Å². The molecular weight excluding hydrogens is 264 g/mol. The van der Waals surface area contributed by atoms with Gasteiger partial charge in [-0.2, -0.15) is 0 Å². The van der Waals surface area contributed by atoms with E-state index in [0.29, 0.717) is 0 Å². The molecule has 0 radical (unpaired) electrons. The second-order valence-electron chi connectivity index (χ2n) is 8.43. The second-order valence-corrected chi connectivity index (χ2v) is 8.43. The van der Waals surface area contributed by atoms with Crippen LogP contribution < -0.4 is 0 Å². The second kappa shape index (κ2) is 5.26. The Labute approximate surface area is 136 Å². The van der Waals surface area contributed by atoms with Gasteiger partial charge in [0.25, 0.3) is 0 Å². The van der Waals surface area contributed by atoms with Crippen LogP contribution in [0.2, 0.25) is 0 Å². The fourth-order valence-corrected chi connectivity index (χ4v) is 4.86. The minimum Gasteiger partial charge on any atom is -0.0991 e. The number of fused-ring (bicyclic) bond motifs is 1. The zero-order chi connectivity index (χ0) is 16.8. The average molecular weight is 294 g/mol. The van der Waals surface area contributed by atoms with Crippen LogP contribution in [0.15, 0.2) is 54.6 Å². The molecule has 118 valence electrons. The van der Waals surface area contributed by atoms with E-state index < -0.39 is 0 Å². The van der Waals surface area contributed by atoms with Gasteiger partial charge in [0.15, 0.2) is 0 Å². The zero-order valence-corrected chi connectivity index (χ0v) is 15.2. The summed E-state index contributed by atoms with van der Waals surface area (Å²) < 4.78 is 0. The van der Waals surface area contributed by atoms with Crippen molar-refractivity contribution < 1.29 is 0 Å². The first kappa shape index (κ1) is 16.8. The SMILES string of the molecule is C=C/C=C\C1=C(C)c2ccccc2C1(C(C)(C)C)C(C)(C)C. The first-order valence-corrected chi connectivity index (χ1v) is 8.19. The third-order valence-corrected chi connectivity index (χ3v) is 5.19. The molecule has 0 heterocycles. The molecule has 0 spiro atoms. The van der Waals surface area contributed by atoms with E-state index in [9.17, 15) is 0 Å². The van der Waals surface area contributed by atoms with Crippen molar-refractivity contribution in [1.82, 2.24) is 0 Å². The largest absolute Gasteiger partial charge is 0.0991 e. The van der Waals surface area contributed by atoms with Crippen molar-refractivity contribution in [2.75, 3.05) is 0 Å². The van der Waals surface area contributed by atoms with Crippen molar-refractivity contribution in [3.8, 4) is 0 Å². The molecule has 0 saturated carbocycles. The third kappa shape index (κ3) is 2.12. The monoisotopic (exact) mass is 294 g/mol. The van der Waals surface area contributed by atoms with Crippen LogP contribution in [0.4, 0.5) is 0 Å². The molecule has 1 aliphatic rings. The molecule has 0 bridgehead atoms. The highest BCUT2D eigenvalue weighted by atomic mass is 14.6. The van der Waals surface area contributed by atoms with Crippen molar-refractivity contribution in [3.63, 3.8) is 0 Å². The predicted molar refractivity (Wildman–Crippen MR) is 99.0 cm³/mol. The predicted octanol–water partition coefficient (Wildman–Crippen LogP) is 6.55. The van der Waals surface area contributed by atoms with Gasteiger partial charge in [-0.3, -0.25) is 0 Å². The van der Waals surface area contributed by atoms with Crippen LogP contribution in [0, 0.1) is 10.8 Å². The van der Waals surface area contributed by atoms with Crippen LogP contribution in [0.5, 0.6) is 0 Å². The Morgan fingerprint density at radius 3 is 2.00 bits per heavy atom. The van der Waals surface area contributed by atoms with Crippen LogP contribution in [0.3, 0.4) is 0 Å². The molecule has 0 nitrogen and oxygen atoms in total. The summed E-state index contributed by atoms with van der Waals surface area (Å²) in [5.74, 6) is 0. The van der Waals surface area contributed by atoms with Crippen molar-refractivity contribution in [2.24, 2.45) is 10.8 Å². The number of hydrogen-bond donors (Lipinski definition) is 0. The molecule has 1 aliphatic carbocycles.